The Morgan fingerprint density at radius 3 is 2.59 bits per heavy atom. The van der Waals surface area contributed by atoms with Gasteiger partial charge in [0, 0.05) is 13.1 Å². The summed E-state index contributed by atoms with van der Waals surface area (Å²) in [5, 5.41) is 16.5. The number of hydrogen-bond acceptors (Lipinski definition) is 3. The van der Waals surface area contributed by atoms with Gasteiger partial charge in [0.15, 0.2) is 17.5 Å². The Bertz CT molecular complexity index is 750. The molecule has 0 aliphatic carbocycles. The monoisotopic (exact) mass is 483 g/mol. The number of aliphatic imine (C=N–C) groups is 1. The summed E-state index contributed by atoms with van der Waals surface area (Å²) in [7, 11) is 1.54. The lowest BCUT2D eigenvalue weighted by Crippen LogP contribution is -2.39. The summed E-state index contributed by atoms with van der Waals surface area (Å²) < 4.78 is 5.07. The number of halogens is 1. The molecule has 0 saturated carbocycles. The van der Waals surface area contributed by atoms with Crippen LogP contribution in [0, 0.1) is 6.92 Å². The second kappa shape index (κ2) is 11.7. The van der Waals surface area contributed by atoms with Gasteiger partial charge in [-0.2, -0.15) is 0 Å². The van der Waals surface area contributed by atoms with Crippen molar-refractivity contribution in [2.45, 2.75) is 33.2 Å². The lowest BCUT2D eigenvalue weighted by atomic mass is 9.99. The van der Waals surface area contributed by atoms with Crippen LogP contribution in [0.15, 0.2) is 47.5 Å². The maximum absolute atomic E-state index is 9.88. The van der Waals surface area contributed by atoms with Gasteiger partial charge in [0.05, 0.1) is 13.7 Å². The zero-order chi connectivity index (χ0) is 18.9. The highest BCUT2D eigenvalue weighted by Crippen LogP contribution is 2.26. The zero-order valence-electron chi connectivity index (χ0n) is 16.5. The molecule has 2 rings (SSSR count). The smallest absolute Gasteiger partial charge is 0.191 e. The first-order chi connectivity index (χ1) is 12.5. The van der Waals surface area contributed by atoms with E-state index in [0.717, 1.165) is 24.6 Å². The van der Waals surface area contributed by atoms with Crippen molar-refractivity contribution in [3.8, 4) is 11.5 Å². The van der Waals surface area contributed by atoms with E-state index >= 15 is 0 Å². The molecule has 0 spiro atoms. The first kappa shape index (κ1) is 23.1. The minimum absolute atomic E-state index is 0. The largest absolute Gasteiger partial charge is 0.504 e. The molecule has 148 valence electrons. The van der Waals surface area contributed by atoms with E-state index < -0.39 is 0 Å². The zero-order valence-corrected chi connectivity index (χ0v) is 18.8. The Hall–Kier alpha value is -1.96. The molecule has 0 radical (unpaired) electrons. The molecular weight excluding hydrogens is 453 g/mol. The van der Waals surface area contributed by atoms with Gasteiger partial charge in [-0.05, 0) is 43.0 Å². The minimum atomic E-state index is 0. The van der Waals surface area contributed by atoms with Crippen LogP contribution < -0.4 is 15.4 Å². The number of aryl methyl sites for hydroxylation is 1. The molecule has 0 fully saturated rings. The van der Waals surface area contributed by atoms with Gasteiger partial charge in [-0.15, -0.1) is 24.0 Å². The van der Waals surface area contributed by atoms with Crippen LogP contribution in [-0.2, 0) is 6.54 Å². The molecule has 0 heterocycles. The van der Waals surface area contributed by atoms with Crippen LogP contribution in [-0.4, -0.2) is 31.3 Å². The summed E-state index contributed by atoms with van der Waals surface area (Å²) in [6.07, 6.45) is 0. The number of phenols is 1. The van der Waals surface area contributed by atoms with Gasteiger partial charge >= 0.3 is 0 Å². The quantitative estimate of drug-likeness (QED) is 0.314. The Labute approximate surface area is 179 Å². The van der Waals surface area contributed by atoms with Crippen molar-refractivity contribution in [1.29, 1.82) is 0 Å². The van der Waals surface area contributed by atoms with Crippen molar-refractivity contribution >= 4 is 29.9 Å². The number of hydrogen-bond donors (Lipinski definition) is 3. The van der Waals surface area contributed by atoms with Gasteiger partial charge in [-0.1, -0.05) is 42.8 Å². The molecule has 2 aromatic carbocycles. The molecule has 3 N–H and O–H groups in total. The van der Waals surface area contributed by atoms with Crippen molar-refractivity contribution in [3.63, 3.8) is 0 Å². The summed E-state index contributed by atoms with van der Waals surface area (Å²) in [4.78, 5) is 4.61. The fourth-order valence-corrected chi connectivity index (χ4v) is 2.69. The topological polar surface area (TPSA) is 65.9 Å². The van der Waals surface area contributed by atoms with Crippen LogP contribution in [0.1, 0.15) is 36.5 Å². The van der Waals surface area contributed by atoms with E-state index in [1.165, 1.54) is 18.2 Å². The van der Waals surface area contributed by atoms with Gasteiger partial charge in [0.2, 0.25) is 0 Å². The fraction of sp³-hybridized carbons (Fsp3) is 0.381. The molecular formula is C21H30IN3O2. The molecule has 27 heavy (non-hydrogen) atoms. The third-order valence-corrected chi connectivity index (χ3v) is 4.19. The SMILES string of the molecule is CCNC(=NCc1ccc(OC)c(O)c1)NCC(C)c1cccc(C)c1.I. The molecule has 5 nitrogen and oxygen atoms in total. The first-order valence-electron chi connectivity index (χ1n) is 8.98. The van der Waals surface area contributed by atoms with Crippen LogP contribution in [0.4, 0.5) is 0 Å². The highest BCUT2D eigenvalue weighted by Gasteiger charge is 2.07. The number of rotatable bonds is 7. The lowest BCUT2D eigenvalue weighted by Gasteiger charge is -2.16. The van der Waals surface area contributed by atoms with Gasteiger partial charge in [0.25, 0.3) is 0 Å². The molecule has 1 unspecified atom stereocenters. The van der Waals surface area contributed by atoms with E-state index in [0.29, 0.717) is 18.2 Å². The van der Waals surface area contributed by atoms with E-state index in [2.05, 4.69) is 53.7 Å². The Morgan fingerprint density at radius 2 is 1.96 bits per heavy atom. The second-order valence-corrected chi connectivity index (χ2v) is 6.40. The van der Waals surface area contributed by atoms with Crippen molar-refractivity contribution in [2.24, 2.45) is 4.99 Å². The molecule has 0 bridgehead atoms. The molecule has 6 heteroatoms. The summed E-state index contributed by atoms with van der Waals surface area (Å²) in [5.41, 5.74) is 3.51. The average molecular weight is 483 g/mol. The maximum atomic E-state index is 9.88. The van der Waals surface area contributed by atoms with Crippen LogP contribution in [0.3, 0.4) is 0 Å². The summed E-state index contributed by atoms with van der Waals surface area (Å²) in [5.74, 6) is 1.74. The molecule has 0 aliphatic rings. The number of nitrogens with zero attached hydrogens (tertiary/aromatic N) is 1. The van der Waals surface area contributed by atoms with Crippen molar-refractivity contribution in [3.05, 3.63) is 59.2 Å². The second-order valence-electron chi connectivity index (χ2n) is 6.40. The minimum Gasteiger partial charge on any atom is -0.504 e. The summed E-state index contributed by atoms with van der Waals surface area (Å²) in [6.45, 7) is 8.42. The van der Waals surface area contributed by atoms with E-state index in [-0.39, 0.29) is 29.7 Å². The third kappa shape index (κ3) is 7.28. The number of phenolic OH excluding ortho intramolecular Hbond substituents is 1. The van der Waals surface area contributed by atoms with Crippen LogP contribution >= 0.6 is 24.0 Å². The van der Waals surface area contributed by atoms with E-state index in [1.807, 2.05) is 13.0 Å². The average Bonchev–Trinajstić information content (AvgIpc) is 2.64. The number of aromatic hydroxyl groups is 1. The number of benzene rings is 2. The van der Waals surface area contributed by atoms with Gasteiger partial charge in [-0.3, -0.25) is 0 Å². The summed E-state index contributed by atoms with van der Waals surface area (Å²) in [6, 6.07) is 13.9. The number of guanidine groups is 1. The Morgan fingerprint density at radius 1 is 1.19 bits per heavy atom. The number of methoxy groups -OCH3 is 1. The predicted molar refractivity (Wildman–Crippen MR) is 122 cm³/mol. The van der Waals surface area contributed by atoms with Crippen LogP contribution in [0.5, 0.6) is 11.5 Å². The van der Waals surface area contributed by atoms with Crippen molar-refractivity contribution < 1.29 is 9.84 Å². The summed E-state index contributed by atoms with van der Waals surface area (Å²) >= 11 is 0. The van der Waals surface area contributed by atoms with E-state index in [4.69, 9.17) is 4.74 Å². The first-order valence-corrected chi connectivity index (χ1v) is 8.98. The van der Waals surface area contributed by atoms with Crippen LogP contribution in [0.25, 0.3) is 0 Å². The van der Waals surface area contributed by atoms with Gasteiger partial charge in [-0.25, -0.2) is 4.99 Å². The predicted octanol–water partition coefficient (Wildman–Crippen LogP) is 4.19. The van der Waals surface area contributed by atoms with Gasteiger partial charge in [0.1, 0.15) is 0 Å². The van der Waals surface area contributed by atoms with Crippen molar-refractivity contribution in [2.75, 3.05) is 20.2 Å². The normalized spacial score (nSPS) is 12.1. The molecule has 0 amide bonds. The van der Waals surface area contributed by atoms with Gasteiger partial charge < -0.3 is 20.5 Å². The Kier molecular flexibility index (Phi) is 9.99. The lowest BCUT2D eigenvalue weighted by molar-refractivity contribution is 0.373. The number of ether oxygens (including phenoxy) is 1. The third-order valence-electron chi connectivity index (χ3n) is 4.19. The van der Waals surface area contributed by atoms with E-state index in [9.17, 15) is 5.11 Å². The van der Waals surface area contributed by atoms with Crippen LogP contribution in [0.2, 0.25) is 0 Å². The molecule has 0 saturated heterocycles. The fourth-order valence-electron chi connectivity index (χ4n) is 2.69. The standard InChI is InChI=1S/C21H29N3O2.HI/c1-5-22-21(23-13-16(3)18-8-6-7-15(2)11-18)24-14-17-9-10-20(26-4)19(25)12-17;/h6-12,16,25H,5,13-14H2,1-4H3,(H2,22,23,24);1H. The molecule has 0 aliphatic heterocycles. The van der Waals surface area contributed by atoms with Crippen molar-refractivity contribution in [1.82, 2.24) is 10.6 Å². The maximum Gasteiger partial charge on any atom is 0.191 e. The molecule has 0 aromatic heterocycles. The van der Waals surface area contributed by atoms with E-state index in [1.54, 1.807) is 12.1 Å². The number of nitrogens with one attached hydrogen (secondary N) is 2. The highest BCUT2D eigenvalue weighted by atomic mass is 127. The molecule has 1 atom stereocenters. The molecule has 2 aromatic rings. The Balaban J connectivity index is 0.00000364. The highest BCUT2D eigenvalue weighted by molar-refractivity contribution is 14.0.